The Kier molecular flexibility index (Phi) is 9.32. The number of aryl methyl sites for hydroxylation is 3. The Morgan fingerprint density at radius 3 is 2.16 bits per heavy atom. The van der Waals surface area contributed by atoms with Gasteiger partial charge in [-0.25, -0.2) is 9.07 Å². The molecular formula is C36H33FN2O4. The van der Waals surface area contributed by atoms with Gasteiger partial charge in [-0.1, -0.05) is 78.9 Å². The molecule has 0 fully saturated rings. The van der Waals surface area contributed by atoms with Gasteiger partial charge in [-0.15, -0.1) is 0 Å². The van der Waals surface area contributed by atoms with Crippen LogP contribution in [0, 0.1) is 12.7 Å². The van der Waals surface area contributed by atoms with E-state index in [1.807, 2.05) is 85.8 Å². The van der Waals surface area contributed by atoms with Gasteiger partial charge < -0.3 is 14.2 Å². The maximum absolute atomic E-state index is 15.3. The molecule has 1 heterocycles. The van der Waals surface area contributed by atoms with E-state index in [1.54, 1.807) is 38.5 Å². The fourth-order valence-electron chi connectivity index (χ4n) is 4.94. The molecule has 0 aliphatic rings. The summed E-state index contributed by atoms with van der Waals surface area (Å²) >= 11 is 0. The van der Waals surface area contributed by atoms with E-state index in [4.69, 9.17) is 14.2 Å². The van der Waals surface area contributed by atoms with Gasteiger partial charge in [0.15, 0.2) is 11.6 Å². The lowest BCUT2D eigenvalue weighted by atomic mass is 9.97. The van der Waals surface area contributed by atoms with E-state index in [0.29, 0.717) is 46.8 Å². The molecule has 1 aromatic heterocycles. The second kappa shape index (κ2) is 13.7. The number of hydrogen-bond acceptors (Lipinski definition) is 5. The molecule has 0 spiro atoms. The molecule has 0 aliphatic carbocycles. The highest BCUT2D eigenvalue weighted by Crippen LogP contribution is 2.36. The summed E-state index contributed by atoms with van der Waals surface area (Å²) in [6, 6.07) is 29.6. The van der Waals surface area contributed by atoms with Gasteiger partial charge >= 0.3 is 0 Å². The molecule has 6 nitrogen and oxygen atoms in total. The zero-order valence-corrected chi connectivity index (χ0v) is 24.4. The van der Waals surface area contributed by atoms with Gasteiger partial charge in [0.25, 0.3) is 5.56 Å². The van der Waals surface area contributed by atoms with Crippen LogP contribution in [0.1, 0.15) is 27.9 Å². The molecule has 0 saturated carbocycles. The zero-order chi connectivity index (χ0) is 30.2. The number of methoxy groups -OCH3 is 2. The quantitative estimate of drug-likeness (QED) is 0.164. The van der Waals surface area contributed by atoms with Crippen molar-refractivity contribution in [3.8, 4) is 28.4 Å². The van der Waals surface area contributed by atoms with Gasteiger partial charge in [0.1, 0.15) is 18.1 Å². The Hall–Kier alpha value is -5.17. The minimum Gasteiger partial charge on any atom is -0.497 e. The molecule has 0 N–H and O–H groups in total. The Bertz CT molecular complexity index is 1760. The first-order valence-corrected chi connectivity index (χ1v) is 14.0. The van der Waals surface area contributed by atoms with Crippen LogP contribution in [0.5, 0.6) is 17.2 Å². The largest absolute Gasteiger partial charge is 0.497 e. The van der Waals surface area contributed by atoms with Crippen molar-refractivity contribution >= 4 is 12.2 Å². The number of rotatable bonds is 11. The summed E-state index contributed by atoms with van der Waals surface area (Å²) in [4.78, 5) is 14.0. The summed E-state index contributed by atoms with van der Waals surface area (Å²) in [6.45, 7) is 2.33. The molecule has 43 heavy (non-hydrogen) atoms. The third-order valence-electron chi connectivity index (χ3n) is 7.09. The van der Waals surface area contributed by atoms with E-state index in [-0.39, 0.29) is 17.9 Å². The van der Waals surface area contributed by atoms with Crippen molar-refractivity contribution in [3.63, 3.8) is 0 Å². The van der Waals surface area contributed by atoms with Crippen molar-refractivity contribution in [3.05, 3.63) is 141 Å². The summed E-state index contributed by atoms with van der Waals surface area (Å²) in [5.74, 6) is 0.900. The number of benzene rings is 4. The average Bonchev–Trinajstić information content (AvgIpc) is 3.04. The normalized spacial score (nSPS) is 11.1. The number of halogens is 1. The third-order valence-corrected chi connectivity index (χ3v) is 7.09. The highest BCUT2D eigenvalue weighted by molar-refractivity contribution is 5.84. The summed E-state index contributed by atoms with van der Waals surface area (Å²) in [5.41, 5.74) is 4.45. The molecule has 0 atom stereocenters. The fourth-order valence-corrected chi connectivity index (χ4v) is 4.94. The van der Waals surface area contributed by atoms with Crippen LogP contribution in [0.4, 0.5) is 4.39 Å². The Morgan fingerprint density at radius 1 is 0.814 bits per heavy atom. The third kappa shape index (κ3) is 7.01. The molecule has 218 valence electrons. The highest BCUT2D eigenvalue weighted by atomic mass is 19.1. The minimum absolute atomic E-state index is 0.0752. The maximum atomic E-state index is 15.3. The van der Waals surface area contributed by atoms with Crippen LogP contribution in [0.3, 0.4) is 0 Å². The molecule has 5 aromatic rings. The van der Waals surface area contributed by atoms with Gasteiger partial charge in [-0.3, -0.25) is 4.79 Å². The number of aromatic nitrogens is 2. The van der Waals surface area contributed by atoms with E-state index in [9.17, 15) is 4.79 Å². The minimum atomic E-state index is -0.512. The van der Waals surface area contributed by atoms with Crippen LogP contribution >= 0.6 is 0 Å². The van der Waals surface area contributed by atoms with E-state index in [0.717, 1.165) is 16.7 Å². The van der Waals surface area contributed by atoms with Crippen LogP contribution in [-0.4, -0.2) is 24.0 Å². The van der Waals surface area contributed by atoms with Crippen LogP contribution in [0.25, 0.3) is 23.3 Å². The van der Waals surface area contributed by atoms with Crippen LogP contribution in [-0.2, 0) is 19.6 Å². The standard InChI is InChI=1S/C36H33FN2O4/c1-25-34(31-15-10-16-33(37)35(31)43-24-27-13-8-5-9-14-27)32(18-17-26-11-6-4-7-12-26)36(40)39(38-25)20-19-28-21-29(41-2)23-30(22-28)42-3/h4-18,21-23H,19-20,24H2,1-3H3/b18-17+. The molecule has 0 radical (unpaired) electrons. The highest BCUT2D eigenvalue weighted by Gasteiger charge is 2.21. The molecule has 0 aliphatic heterocycles. The van der Waals surface area contributed by atoms with E-state index < -0.39 is 5.82 Å². The van der Waals surface area contributed by atoms with Crippen molar-refractivity contribution in [1.29, 1.82) is 0 Å². The molecule has 0 unspecified atom stereocenters. The van der Waals surface area contributed by atoms with Crippen molar-refractivity contribution < 1.29 is 18.6 Å². The molecule has 7 heteroatoms. The van der Waals surface area contributed by atoms with E-state index in [2.05, 4.69) is 5.10 Å². The second-order valence-corrected chi connectivity index (χ2v) is 10.0. The van der Waals surface area contributed by atoms with Gasteiger partial charge in [0, 0.05) is 23.7 Å². The topological polar surface area (TPSA) is 62.6 Å². The maximum Gasteiger partial charge on any atom is 0.274 e. The summed E-state index contributed by atoms with van der Waals surface area (Å²) in [5, 5.41) is 4.68. The predicted molar refractivity (Wildman–Crippen MR) is 168 cm³/mol. The monoisotopic (exact) mass is 576 g/mol. The first-order chi connectivity index (χ1) is 21.0. The molecule has 4 aromatic carbocycles. The van der Waals surface area contributed by atoms with Crippen LogP contribution in [0.2, 0.25) is 0 Å². The Morgan fingerprint density at radius 2 is 1.49 bits per heavy atom. The molecule has 5 rings (SSSR count). The molecule has 0 amide bonds. The summed E-state index contributed by atoms with van der Waals surface area (Å²) in [6.07, 6.45) is 4.17. The Labute approximate surface area is 250 Å². The lowest BCUT2D eigenvalue weighted by Gasteiger charge is -2.17. The molecule has 0 bridgehead atoms. The average molecular weight is 577 g/mol. The fraction of sp³-hybridized carbons (Fsp3) is 0.167. The lowest BCUT2D eigenvalue weighted by Crippen LogP contribution is -2.28. The predicted octanol–water partition coefficient (Wildman–Crippen LogP) is 7.37. The zero-order valence-electron chi connectivity index (χ0n) is 24.4. The first kappa shape index (κ1) is 29.3. The number of hydrogen-bond donors (Lipinski definition) is 0. The van der Waals surface area contributed by atoms with Crippen molar-refractivity contribution in [2.24, 2.45) is 0 Å². The van der Waals surface area contributed by atoms with Gasteiger partial charge in [-0.2, -0.15) is 5.10 Å². The smallest absolute Gasteiger partial charge is 0.274 e. The van der Waals surface area contributed by atoms with Gasteiger partial charge in [-0.05, 0) is 54.3 Å². The second-order valence-electron chi connectivity index (χ2n) is 10.0. The molecule has 0 saturated heterocycles. The number of para-hydroxylation sites is 1. The van der Waals surface area contributed by atoms with Gasteiger partial charge in [0.2, 0.25) is 0 Å². The molecular weight excluding hydrogens is 543 g/mol. The first-order valence-electron chi connectivity index (χ1n) is 14.0. The van der Waals surface area contributed by atoms with E-state index in [1.165, 1.54) is 10.7 Å². The van der Waals surface area contributed by atoms with Crippen molar-refractivity contribution in [1.82, 2.24) is 9.78 Å². The van der Waals surface area contributed by atoms with E-state index >= 15 is 4.39 Å². The van der Waals surface area contributed by atoms with Gasteiger partial charge in [0.05, 0.1) is 25.5 Å². The summed E-state index contributed by atoms with van der Waals surface area (Å²) in [7, 11) is 3.20. The Balaban J connectivity index is 1.58. The summed E-state index contributed by atoms with van der Waals surface area (Å²) < 4.78 is 33.6. The van der Waals surface area contributed by atoms with Crippen molar-refractivity contribution in [2.75, 3.05) is 14.2 Å². The lowest BCUT2D eigenvalue weighted by molar-refractivity contribution is 0.291. The van der Waals surface area contributed by atoms with Crippen molar-refractivity contribution in [2.45, 2.75) is 26.5 Å². The number of ether oxygens (including phenoxy) is 3. The van der Waals surface area contributed by atoms with Crippen LogP contribution in [0.15, 0.2) is 102 Å². The SMILES string of the molecule is COc1cc(CCn2nc(C)c(-c3cccc(F)c3OCc3ccccc3)c(/C=C/c3ccccc3)c2=O)cc(OC)c1. The number of nitrogens with zero attached hydrogens (tertiary/aromatic N) is 2. The van der Waals surface area contributed by atoms with Crippen LogP contribution < -0.4 is 19.8 Å².